The highest BCUT2D eigenvalue weighted by Gasteiger charge is 2.11. The molecule has 0 saturated carbocycles. The molecule has 0 aliphatic carbocycles. The van der Waals surface area contributed by atoms with Crippen LogP contribution in [0.1, 0.15) is 21.5 Å². The predicted molar refractivity (Wildman–Crippen MR) is 78.2 cm³/mol. The molecule has 0 bridgehead atoms. The highest BCUT2D eigenvalue weighted by atomic mass is 19.1. The topological polar surface area (TPSA) is 20.3 Å². The standard InChI is InChI=1S/C17H18FNO/c1-13-6-5-8-14(10-13)17(20)12-19(2)11-15-7-3-4-9-16(15)18/h3-10H,11-12H2,1-2H3. The fourth-order valence-electron chi connectivity index (χ4n) is 2.13. The van der Waals surface area contributed by atoms with Crippen molar-refractivity contribution < 1.29 is 9.18 Å². The quantitative estimate of drug-likeness (QED) is 0.776. The third-order valence-electron chi connectivity index (χ3n) is 3.15. The number of halogens is 1. The molecule has 0 aliphatic heterocycles. The molecule has 0 atom stereocenters. The normalized spacial score (nSPS) is 10.8. The lowest BCUT2D eigenvalue weighted by Gasteiger charge is -2.16. The molecule has 0 saturated heterocycles. The number of Topliss-reactive ketones (excluding diaryl/α,β-unsaturated/α-hetero) is 1. The first kappa shape index (κ1) is 14.4. The molecule has 0 spiro atoms. The summed E-state index contributed by atoms with van der Waals surface area (Å²) in [5.41, 5.74) is 2.37. The van der Waals surface area contributed by atoms with Gasteiger partial charge in [-0.3, -0.25) is 9.69 Å². The van der Waals surface area contributed by atoms with Crippen LogP contribution < -0.4 is 0 Å². The lowest BCUT2D eigenvalue weighted by atomic mass is 10.1. The average molecular weight is 271 g/mol. The number of rotatable bonds is 5. The van der Waals surface area contributed by atoms with E-state index in [0.717, 1.165) is 5.56 Å². The number of carbonyl (C=O) groups excluding carboxylic acids is 1. The Morgan fingerprint density at radius 2 is 1.90 bits per heavy atom. The molecular weight excluding hydrogens is 253 g/mol. The first-order valence-corrected chi connectivity index (χ1v) is 6.58. The Morgan fingerprint density at radius 1 is 1.15 bits per heavy atom. The second-order valence-electron chi connectivity index (χ2n) is 5.06. The van der Waals surface area contributed by atoms with Crippen molar-refractivity contribution in [2.75, 3.05) is 13.6 Å². The largest absolute Gasteiger partial charge is 0.294 e. The van der Waals surface area contributed by atoms with Crippen LogP contribution in [0.3, 0.4) is 0 Å². The van der Waals surface area contributed by atoms with E-state index in [1.165, 1.54) is 6.07 Å². The number of nitrogens with zero attached hydrogens (tertiary/aromatic N) is 1. The first-order chi connectivity index (χ1) is 9.56. The van der Waals surface area contributed by atoms with Crippen molar-refractivity contribution in [3.8, 4) is 0 Å². The van der Waals surface area contributed by atoms with Crippen molar-refractivity contribution in [3.63, 3.8) is 0 Å². The molecule has 20 heavy (non-hydrogen) atoms. The monoisotopic (exact) mass is 271 g/mol. The molecule has 0 N–H and O–H groups in total. The third kappa shape index (κ3) is 3.75. The van der Waals surface area contributed by atoms with Crippen LogP contribution in [0.15, 0.2) is 48.5 Å². The summed E-state index contributed by atoms with van der Waals surface area (Å²) in [6.45, 7) is 2.65. The van der Waals surface area contributed by atoms with Gasteiger partial charge in [0.2, 0.25) is 0 Å². The van der Waals surface area contributed by atoms with Gasteiger partial charge in [0.05, 0.1) is 6.54 Å². The molecule has 104 valence electrons. The minimum absolute atomic E-state index is 0.0486. The zero-order valence-corrected chi connectivity index (χ0v) is 11.8. The summed E-state index contributed by atoms with van der Waals surface area (Å²) < 4.78 is 13.6. The van der Waals surface area contributed by atoms with E-state index in [0.29, 0.717) is 17.7 Å². The van der Waals surface area contributed by atoms with Crippen LogP contribution in [0, 0.1) is 12.7 Å². The van der Waals surface area contributed by atoms with Gasteiger partial charge in [0.25, 0.3) is 0 Å². The Morgan fingerprint density at radius 3 is 2.60 bits per heavy atom. The van der Waals surface area contributed by atoms with Crippen LogP contribution in [0.25, 0.3) is 0 Å². The molecular formula is C17H18FNO. The molecule has 0 amide bonds. The molecule has 0 unspecified atom stereocenters. The van der Waals surface area contributed by atoms with Gasteiger partial charge in [-0.1, -0.05) is 42.0 Å². The minimum Gasteiger partial charge on any atom is -0.294 e. The van der Waals surface area contributed by atoms with Crippen LogP contribution in [0.2, 0.25) is 0 Å². The Balaban J connectivity index is 2.00. The Hall–Kier alpha value is -2.00. The van der Waals surface area contributed by atoms with Crippen molar-refractivity contribution in [2.24, 2.45) is 0 Å². The van der Waals surface area contributed by atoms with E-state index < -0.39 is 0 Å². The van der Waals surface area contributed by atoms with Gasteiger partial charge in [-0.05, 0) is 26.1 Å². The highest BCUT2D eigenvalue weighted by molar-refractivity contribution is 5.97. The maximum atomic E-state index is 13.6. The van der Waals surface area contributed by atoms with Crippen molar-refractivity contribution in [3.05, 3.63) is 71.0 Å². The molecule has 0 aromatic heterocycles. The van der Waals surface area contributed by atoms with Crippen LogP contribution >= 0.6 is 0 Å². The fraction of sp³-hybridized carbons (Fsp3) is 0.235. The second kappa shape index (κ2) is 6.44. The van der Waals surface area contributed by atoms with Gasteiger partial charge >= 0.3 is 0 Å². The highest BCUT2D eigenvalue weighted by Crippen LogP contribution is 2.10. The molecule has 2 aromatic carbocycles. The van der Waals surface area contributed by atoms with E-state index in [-0.39, 0.29) is 18.1 Å². The van der Waals surface area contributed by atoms with Gasteiger partial charge in [-0.25, -0.2) is 4.39 Å². The minimum atomic E-state index is -0.234. The number of benzene rings is 2. The Kier molecular flexibility index (Phi) is 4.64. The van der Waals surface area contributed by atoms with Gasteiger partial charge in [0.1, 0.15) is 5.82 Å². The van der Waals surface area contributed by atoms with Crippen molar-refractivity contribution in [2.45, 2.75) is 13.5 Å². The molecule has 0 heterocycles. The fourth-order valence-corrected chi connectivity index (χ4v) is 2.13. The Bertz CT molecular complexity index is 609. The summed E-state index contributed by atoms with van der Waals surface area (Å²) in [5.74, 6) is -0.185. The van der Waals surface area contributed by atoms with Gasteiger partial charge < -0.3 is 0 Å². The summed E-state index contributed by atoms with van der Waals surface area (Å²) >= 11 is 0. The molecule has 0 aliphatic rings. The van der Waals surface area contributed by atoms with E-state index in [1.807, 2.05) is 43.1 Å². The Labute approximate surface area is 118 Å². The van der Waals surface area contributed by atoms with E-state index in [9.17, 15) is 9.18 Å². The van der Waals surface area contributed by atoms with E-state index in [2.05, 4.69) is 0 Å². The number of hydrogen-bond donors (Lipinski definition) is 0. The number of carbonyl (C=O) groups is 1. The smallest absolute Gasteiger partial charge is 0.176 e. The van der Waals surface area contributed by atoms with Crippen LogP contribution in [0.4, 0.5) is 4.39 Å². The SMILES string of the molecule is Cc1cccc(C(=O)CN(C)Cc2ccccc2F)c1. The van der Waals surface area contributed by atoms with Crippen LogP contribution in [0.5, 0.6) is 0 Å². The van der Waals surface area contributed by atoms with Gasteiger partial charge in [0, 0.05) is 17.7 Å². The second-order valence-corrected chi connectivity index (χ2v) is 5.06. The van der Waals surface area contributed by atoms with Gasteiger partial charge in [0.15, 0.2) is 5.78 Å². The molecule has 2 nitrogen and oxygen atoms in total. The molecule has 2 aromatic rings. The van der Waals surface area contributed by atoms with E-state index in [1.54, 1.807) is 18.2 Å². The van der Waals surface area contributed by atoms with Crippen molar-refractivity contribution in [1.29, 1.82) is 0 Å². The van der Waals surface area contributed by atoms with Gasteiger partial charge in [-0.15, -0.1) is 0 Å². The number of hydrogen-bond acceptors (Lipinski definition) is 2. The molecule has 0 fully saturated rings. The maximum absolute atomic E-state index is 13.6. The summed E-state index contributed by atoms with van der Waals surface area (Å²) in [7, 11) is 1.82. The molecule has 2 rings (SSSR count). The maximum Gasteiger partial charge on any atom is 0.176 e. The number of aryl methyl sites for hydroxylation is 1. The number of ketones is 1. The summed E-state index contributed by atoms with van der Waals surface area (Å²) in [6, 6.07) is 14.2. The lowest BCUT2D eigenvalue weighted by molar-refractivity contribution is 0.0942. The third-order valence-corrected chi connectivity index (χ3v) is 3.15. The van der Waals surface area contributed by atoms with Crippen LogP contribution in [-0.4, -0.2) is 24.3 Å². The van der Waals surface area contributed by atoms with E-state index in [4.69, 9.17) is 0 Å². The molecule has 0 radical (unpaired) electrons. The van der Waals surface area contributed by atoms with Crippen molar-refractivity contribution >= 4 is 5.78 Å². The summed E-state index contributed by atoms with van der Waals surface area (Å²) in [4.78, 5) is 14.0. The predicted octanol–water partition coefficient (Wildman–Crippen LogP) is 3.45. The van der Waals surface area contributed by atoms with Gasteiger partial charge in [-0.2, -0.15) is 0 Å². The lowest BCUT2D eigenvalue weighted by Crippen LogP contribution is -2.26. The van der Waals surface area contributed by atoms with E-state index >= 15 is 0 Å². The zero-order valence-electron chi connectivity index (χ0n) is 11.8. The number of likely N-dealkylation sites (N-methyl/N-ethyl adjacent to an activating group) is 1. The summed E-state index contributed by atoms with van der Waals surface area (Å²) in [6.07, 6.45) is 0. The average Bonchev–Trinajstić information content (AvgIpc) is 2.41. The first-order valence-electron chi connectivity index (χ1n) is 6.58. The zero-order chi connectivity index (χ0) is 14.5. The van der Waals surface area contributed by atoms with Crippen LogP contribution in [-0.2, 0) is 6.54 Å². The van der Waals surface area contributed by atoms with Crippen molar-refractivity contribution in [1.82, 2.24) is 4.90 Å². The molecule has 3 heteroatoms. The summed E-state index contributed by atoms with van der Waals surface area (Å²) in [5, 5.41) is 0.